The van der Waals surface area contributed by atoms with Crippen LogP contribution < -0.4 is 0 Å². The van der Waals surface area contributed by atoms with Gasteiger partial charge in [-0.2, -0.15) is 5.10 Å². The van der Waals surface area contributed by atoms with E-state index in [1.54, 1.807) is 0 Å². The fraction of sp³-hybridized carbons (Fsp3) is 0.750. The Morgan fingerprint density at radius 2 is 2.06 bits per heavy atom. The van der Waals surface area contributed by atoms with Crippen molar-refractivity contribution in [3.05, 3.63) is 15.9 Å². The summed E-state index contributed by atoms with van der Waals surface area (Å²) < 4.78 is 3.11. The topological polar surface area (TPSA) is 38.0 Å². The highest BCUT2D eigenvalue weighted by Crippen LogP contribution is 2.26. The van der Waals surface area contributed by atoms with Gasteiger partial charge in [0.1, 0.15) is 0 Å². The zero-order valence-electron chi connectivity index (χ0n) is 10.5. The van der Waals surface area contributed by atoms with Crippen molar-refractivity contribution in [3.8, 4) is 0 Å². The number of aliphatic hydroxyl groups is 1. The van der Waals surface area contributed by atoms with Crippen LogP contribution in [0.25, 0.3) is 0 Å². The van der Waals surface area contributed by atoms with E-state index in [0.717, 1.165) is 23.1 Å². The van der Waals surface area contributed by atoms with Gasteiger partial charge in [0.05, 0.1) is 15.9 Å². The monoisotopic (exact) mass is 288 g/mol. The summed E-state index contributed by atoms with van der Waals surface area (Å²) in [4.78, 5) is 0. The summed E-state index contributed by atoms with van der Waals surface area (Å²) in [6, 6.07) is 0. The Kier molecular flexibility index (Phi) is 4.99. The lowest BCUT2D eigenvalue weighted by molar-refractivity contribution is 0.186. The molecule has 1 atom stereocenters. The lowest BCUT2D eigenvalue weighted by atomic mass is 9.92. The van der Waals surface area contributed by atoms with E-state index in [-0.39, 0.29) is 6.61 Å². The van der Waals surface area contributed by atoms with E-state index in [2.05, 4.69) is 41.8 Å². The molecule has 0 spiro atoms. The van der Waals surface area contributed by atoms with Crippen molar-refractivity contribution in [1.29, 1.82) is 0 Å². The van der Waals surface area contributed by atoms with Crippen LogP contribution in [-0.2, 0) is 13.0 Å². The third kappa shape index (κ3) is 2.86. The molecule has 0 radical (unpaired) electrons. The van der Waals surface area contributed by atoms with E-state index in [0.29, 0.717) is 11.8 Å². The molecule has 1 unspecified atom stereocenters. The number of nitrogens with zero attached hydrogens (tertiary/aromatic N) is 2. The number of halogens is 1. The normalized spacial score (nSPS) is 13.4. The highest BCUT2D eigenvalue weighted by atomic mass is 79.9. The van der Waals surface area contributed by atoms with Gasteiger partial charge in [-0.15, -0.1) is 0 Å². The van der Waals surface area contributed by atoms with Gasteiger partial charge < -0.3 is 5.11 Å². The van der Waals surface area contributed by atoms with Crippen LogP contribution in [0.15, 0.2) is 4.47 Å². The zero-order valence-corrected chi connectivity index (χ0v) is 12.1. The van der Waals surface area contributed by atoms with Gasteiger partial charge in [0.25, 0.3) is 0 Å². The Labute approximate surface area is 106 Å². The van der Waals surface area contributed by atoms with Crippen molar-refractivity contribution in [1.82, 2.24) is 9.78 Å². The average molecular weight is 289 g/mol. The van der Waals surface area contributed by atoms with Crippen LogP contribution in [-0.4, -0.2) is 21.5 Å². The van der Waals surface area contributed by atoms with Gasteiger partial charge in [0.15, 0.2) is 0 Å². The Morgan fingerprint density at radius 3 is 2.50 bits per heavy atom. The van der Waals surface area contributed by atoms with E-state index in [4.69, 9.17) is 0 Å². The summed E-state index contributed by atoms with van der Waals surface area (Å²) in [5, 5.41) is 13.8. The van der Waals surface area contributed by atoms with Crippen LogP contribution in [0, 0.1) is 18.8 Å². The molecule has 92 valence electrons. The number of hydrogen-bond acceptors (Lipinski definition) is 2. The van der Waals surface area contributed by atoms with Gasteiger partial charge in [-0.3, -0.25) is 4.68 Å². The largest absolute Gasteiger partial charge is 0.396 e. The summed E-state index contributed by atoms with van der Waals surface area (Å²) in [6.07, 6.45) is 0.878. The maximum Gasteiger partial charge on any atom is 0.0738 e. The molecule has 1 heterocycles. The van der Waals surface area contributed by atoms with E-state index in [9.17, 15) is 5.11 Å². The summed E-state index contributed by atoms with van der Waals surface area (Å²) in [5.74, 6) is 0.787. The molecule has 1 aromatic rings. The molecule has 0 bridgehead atoms. The first kappa shape index (κ1) is 13.7. The number of rotatable bonds is 5. The second-order valence-corrected chi connectivity index (χ2v) is 5.35. The highest BCUT2D eigenvalue weighted by molar-refractivity contribution is 9.10. The molecule has 0 aromatic carbocycles. The lowest BCUT2D eigenvalue weighted by Crippen LogP contribution is -2.18. The summed E-state index contributed by atoms with van der Waals surface area (Å²) in [5.41, 5.74) is 2.23. The number of hydrogen-bond donors (Lipinski definition) is 1. The van der Waals surface area contributed by atoms with Crippen LogP contribution in [0.3, 0.4) is 0 Å². The lowest BCUT2D eigenvalue weighted by Gasteiger charge is -2.18. The third-order valence-corrected chi connectivity index (χ3v) is 4.12. The molecule has 0 aliphatic carbocycles. The minimum absolute atomic E-state index is 0.234. The Balaban J connectivity index is 2.94. The van der Waals surface area contributed by atoms with E-state index in [1.807, 2.05) is 11.6 Å². The molecule has 4 heteroatoms. The molecule has 1 N–H and O–H groups in total. The number of aromatic nitrogens is 2. The van der Waals surface area contributed by atoms with E-state index in [1.165, 1.54) is 5.69 Å². The maximum atomic E-state index is 9.37. The summed E-state index contributed by atoms with van der Waals surface area (Å²) in [7, 11) is 0. The summed E-state index contributed by atoms with van der Waals surface area (Å²) in [6.45, 7) is 9.49. The van der Waals surface area contributed by atoms with Crippen molar-refractivity contribution in [3.63, 3.8) is 0 Å². The summed E-state index contributed by atoms with van der Waals surface area (Å²) >= 11 is 3.58. The Bertz CT molecular complexity index is 347. The maximum absolute atomic E-state index is 9.37. The quantitative estimate of drug-likeness (QED) is 0.905. The average Bonchev–Trinajstić information content (AvgIpc) is 2.51. The minimum Gasteiger partial charge on any atom is -0.396 e. The fourth-order valence-electron chi connectivity index (χ4n) is 1.82. The molecule has 3 nitrogen and oxygen atoms in total. The van der Waals surface area contributed by atoms with Crippen LogP contribution in [0.2, 0.25) is 0 Å². The van der Waals surface area contributed by atoms with Crippen LogP contribution in [0.5, 0.6) is 0 Å². The molecule has 0 amide bonds. The fourth-order valence-corrected chi connectivity index (χ4v) is 2.27. The molecule has 1 rings (SSSR count). The van der Waals surface area contributed by atoms with Crippen molar-refractivity contribution < 1.29 is 5.11 Å². The van der Waals surface area contributed by atoms with Gasteiger partial charge in [0.2, 0.25) is 0 Å². The van der Waals surface area contributed by atoms with Crippen LogP contribution in [0.1, 0.15) is 32.2 Å². The van der Waals surface area contributed by atoms with Crippen molar-refractivity contribution >= 4 is 15.9 Å². The van der Waals surface area contributed by atoms with Crippen LogP contribution >= 0.6 is 15.9 Å². The van der Waals surface area contributed by atoms with E-state index < -0.39 is 0 Å². The number of aryl methyl sites for hydroxylation is 2. The SMILES string of the molecule is CCn1nc(C)c(Br)c1CC(CO)C(C)C. The Hall–Kier alpha value is -0.350. The van der Waals surface area contributed by atoms with Gasteiger partial charge in [-0.1, -0.05) is 13.8 Å². The third-order valence-electron chi connectivity index (χ3n) is 3.09. The van der Waals surface area contributed by atoms with Crippen LogP contribution in [0.4, 0.5) is 0 Å². The zero-order chi connectivity index (χ0) is 12.3. The van der Waals surface area contributed by atoms with Crippen molar-refractivity contribution in [2.45, 2.75) is 40.7 Å². The van der Waals surface area contributed by atoms with Gasteiger partial charge in [0, 0.05) is 13.2 Å². The first-order chi connectivity index (χ1) is 7.51. The van der Waals surface area contributed by atoms with Gasteiger partial charge in [-0.25, -0.2) is 0 Å². The first-order valence-electron chi connectivity index (χ1n) is 5.83. The molecule has 1 aromatic heterocycles. The smallest absolute Gasteiger partial charge is 0.0738 e. The van der Waals surface area contributed by atoms with Crippen molar-refractivity contribution in [2.75, 3.05) is 6.61 Å². The molecule has 0 saturated heterocycles. The predicted molar refractivity (Wildman–Crippen MR) is 69.5 cm³/mol. The molecular weight excluding hydrogens is 268 g/mol. The molecule has 0 saturated carbocycles. The van der Waals surface area contributed by atoms with Crippen molar-refractivity contribution in [2.24, 2.45) is 11.8 Å². The highest BCUT2D eigenvalue weighted by Gasteiger charge is 2.19. The molecular formula is C12H21BrN2O. The number of aliphatic hydroxyl groups excluding tert-OH is 1. The molecule has 0 aliphatic rings. The Morgan fingerprint density at radius 1 is 1.44 bits per heavy atom. The standard InChI is InChI=1S/C12H21BrN2O/c1-5-15-11(12(13)9(4)14-15)6-10(7-16)8(2)3/h8,10,16H,5-7H2,1-4H3. The molecule has 16 heavy (non-hydrogen) atoms. The van der Waals surface area contributed by atoms with Gasteiger partial charge in [-0.05, 0) is 48.0 Å². The minimum atomic E-state index is 0.234. The first-order valence-corrected chi connectivity index (χ1v) is 6.63. The predicted octanol–water partition coefficient (Wildman–Crippen LogP) is 2.78. The van der Waals surface area contributed by atoms with E-state index >= 15 is 0 Å². The molecule has 0 aliphatic heterocycles. The van der Waals surface area contributed by atoms with Gasteiger partial charge >= 0.3 is 0 Å². The second-order valence-electron chi connectivity index (χ2n) is 4.55. The molecule has 0 fully saturated rings. The second kappa shape index (κ2) is 5.82.